The molecule has 1 aromatic carbocycles. The lowest BCUT2D eigenvalue weighted by Crippen LogP contribution is -2.56. The van der Waals surface area contributed by atoms with Gasteiger partial charge < -0.3 is 9.80 Å². The Kier molecular flexibility index (Phi) is 5.45. The number of benzene rings is 1. The second-order valence-corrected chi connectivity index (χ2v) is 8.72. The van der Waals surface area contributed by atoms with E-state index in [4.69, 9.17) is 0 Å². The average molecular weight is 388 g/mol. The molecule has 4 rings (SSSR count). The van der Waals surface area contributed by atoms with Gasteiger partial charge in [-0.05, 0) is 44.0 Å². The first kappa shape index (κ1) is 18.4. The van der Waals surface area contributed by atoms with E-state index in [0.717, 1.165) is 57.0 Å². The first-order valence-electron chi connectivity index (χ1n) is 9.71. The summed E-state index contributed by atoms with van der Waals surface area (Å²) in [6.45, 7) is 7.18. The normalized spacial score (nSPS) is 21.5. The second kappa shape index (κ2) is 7.98. The van der Waals surface area contributed by atoms with Crippen molar-refractivity contribution in [1.29, 1.82) is 0 Å². The van der Waals surface area contributed by atoms with Gasteiger partial charge in [-0.3, -0.25) is 9.69 Å². The summed E-state index contributed by atoms with van der Waals surface area (Å²) in [5.41, 5.74) is 0.700. The second-order valence-electron chi connectivity index (χ2n) is 7.43. The fourth-order valence-corrected chi connectivity index (χ4v) is 5.01. The van der Waals surface area contributed by atoms with E-state index in [2.05, 4.69) is 9.80 Å². The van der Waals surface area contributed by atoms with E-state index in [9.17, 15) is 9.18 Å². The number of amides is 1. The van der Waals surface area contributed by atoms with Crippen LogP contribution in [0.2, 0.25) is 0 Å². The lowest BCUT2D eigenvalue weighted by atomic mass is 10.0. The summed E-state index contributed by atoms with van der Waals surface area (Å²) in [7, 11) is 0. The number of thiophene rings is 1. The first-order chi connectivity index (χ1) is 13.1. The SMILES string of the molecule is Cc1ccc(C(=O)N2CCC[C@@H](N3CCN(c4ccccc4F)CC3)C2)s1. The van der Waals surface area contributed by atoms with E-state index in [1.807, 2.05) is 36.1 Å². The number of rotatable bonds is 3. The number of carbonyl (C=O) groups excluding carboxylic acids is 1. The quantitative estimate of drug-likeness (QED) is 0.805. The van der Waals surface area contributed by atoms with Gasteiger partial charge in [0, 0.05) is 50.2 Å². The molecule has 1 atom stereocenters. The van der Waals surface area contributed by atoms with Crippen LogP contribution in [0.1, 0.15) is 27.4 Å². The monoisotopic (exact) mass is 387 g/mol. The Bertz CT molecular complexity index is 800. The summed E-state index contributed by atoms with van der Waals surface area (Å²) in [5.74, 6) is 0.0226. The van der Waals surface area contributed by atoms with Crippen LogP contribution < -0.4 is 4.90 Å². The highest BCUT2D eigenvalue weighted by Crippen LogP contribution is 2.25. The molecular formula is C21H26FN3OS. The number of hydrogen-bond donors (Lipinski definition) is 0. The van der Waals surface area contributed by atoms with Gasteiger partial charge in [0.2, 0.25) is 0 Å². The lowest BCUT2D eigenvalue weighted by molar-refractivity contribution is 0.0567. The van der Waals surface area contributed by atoms with Crippen molar-refractivity contribution in [2.45, 2.75) is 25.8 Å². The van der Waals surface area contributed by atoms with E-state index < -0.39 is 0 Å². The molecule has 2 aliphatic rings. The smallest absolute Gasteiger partial charge is 0.263 e. The molecule has 0 saturated carbocycles. The number of piperazine rings is 1. The van der Waals surface area contributed by atoms with Gasteiger partial charge in [0.15, 0.2) is 0 Å². The van der Waals surface area contributed by atoms with Gasteiger partial charge in [0.25, 0.3) is 5.91 Å². The minimum Gasteiger partial charge on any atom is -0.367 e. The van der Waals surface area contributed by atoms with Crippen molar-refractivity contribution >= 4 is 22.9 Å². The van der Waals surface area contributed by atoms with Crippen LogP contribution in [0, 0.1) is 12.7 Å². The van der Waals surface area contributed by atoms with Gasteiger partial charge in [-0.15, -0.1) is 11.3 Å². The number of carbonyl (C=O) groups is 1. The van der Waals surface area contributed by atoms with Crippen LogP contribution in [0.5, 0.6) is 0 Å². The number of halogens is 1. The molecule has 1 aromatic heterocycles. The predicted octanol–water partition coefficient (Wildman–Crippen LogP) is 3.62. The molecule has 0 radical (unpaired) electrons. The summed E-state index contributed by atoms with van der Waals surface area (Å²) in [6, 6.07) is 11.4. The van der Waals surface area contributed by atoms with Crippen LogP contribution in [-0.4, -0.2) is 61.0 Å². The molecule has 2 aliphatic heterocycles. The van der Waals surface area contributed by atoms with Gasteiger partial charge in [-0.2, -0.15) is 0 Å². The Morgan fingerprint density at radius 3 is 2.56 bits per heavy atom. The molecule has 4 nitrogen and oxygen atoms in total. The molecule has 2 aromatic rings. The Hall–Kier alpha value is -1.92. The highest BCUT2D eigenvalue weighted by atomic mass is 32.1. The fraction of sp³-hybridized carbons (Fsp3) is 0.476. The Balaban J connectivity index is 1.36. The molecule has 0 aliphatic carbocycles. The molecule has 0 N–H and O–H groups in total. The lowest BCUT2D eigenvalue weighted by Gasteiger charge is -2.43. The van der Waals surface area contributed by atoms with Crippen molar-refractivity contribution in [2.24, 2.45) is 0 Å². The molecular weight excluding hydrogens is 361 g/mol. The minimum atomic E-state index is -0.147. The van der Waals surface area contributed by atoms with Crippen LogP contribution in [0.3, 0.4) is 0 Å². The Labute approximate surface area is 164 Å². The number of nitrogens with zero attached hydrogens (tertiary/aromatic N) is 3. The Morgan fingerprint density at radius 1 is 1.07 bits per heavy atom. The number of hydrogen-bond acceptors (Lipinski definition) is 4. The van der Waals surface area contributed by atoms with Gasteiger partial charge in [0.05, 0.1) is 10.6 Å². The van der Waals surface area contributed by atoms with Crippen molar-refractivity contribution in [3.63, 3.8) is 0 Å². The van der Waals surface area contributed by atoms with E-state index in [0.29, 0.717) is 11.7 Å². The number of anilines is 1. The van der Waals surface area contributed by atoms with E-state index >= 15 is 0 Å². The third-order valence-corrected chi connectivity index (χ3v) is 6.65. The van der Waals surface area contributed by atoms with Crippen molar-refractivity contribution in [3.8, 4) is 0 Å². The van der Waals surface area contributed by atoms with Crippen molar-refractivity contribution in [3.05, 3.63) is 52.0 Å². The molecule has 3 heterocycles. The van der Waals surface area contributed by atoms with Crippen LogP contribution in [-0.2, 0) is 0 Å². The van der Waals surface area contributed by atoms with E-state index in [1.165, 1.54) is 10.9 Å². The summed E-state index contributed by atoms with van der Waals surface area (Å²) >= 11 is 1.58. The highest BCUT2D eigenvalue weighted by Gasteiger charge is 2.31. The van der Waals surface area contributed by atoms with Gasteiger partial charge >= 0.3 is 0 Å². The zero-order valence-electron chi connectivity index (χ0n) is 15.7. The topological polar surface area (TPSA) is 26.8 Å². The third kappa shape index (κ3) is 4.01. The van der Waals surface area contributed by atoms with Crippen molar-refractivity contribution < 1.29 is 9.18 Å². The maximum atomic E-state index is 14.0. The van der Waals surface area contributed by atoms with E-state index in [1.54, 1.807) is 17.4 Å². The average Bonchev–Trinajstić information content (AvgIpc) is 3.14. The molecule has 27 heavy (non-hydrogen) atoms. The molecule has 0 spiro atoms. The number of aryl methyl sites for hydroxylation is 1. The minimum absolute atomic E-state index is 0.147. The first-order valence-corrected chi connectivity index (χ1v) is 10.5. The Morgan fingerprint density at radius 2 is 1.85 bits per heavy atom. The molecule has 2 fully saturated rings. The maximum Gasteiger partial charge on any atom is 0.263 e. The fourth-order valence-electron chi connectivity index (χ4n) is 4.18. The van der Waals surface area contributed by atoms with Gasteiger partial charge in [0.1, 0.15) is 5.82 Å². The van der Waals surface area contributed by atoms with Crippen molar-refractivity contribution in [2.75, 3.05) is 44.2 Å². The summed E-state index contributed by atoms with van der Waals surface area (Å²) < 4.78 is 14.0. The molecule has 144 valence electrons. The summed E-state index contributed by atoms with van der Waals surface area (Å²) in [6.07, 6.45) is 2.18. The van der Waals surface area contributed by atoms with Gasteiger partial charge in [-0.25, -0.2) is 4.39 Å². The summed E-state index contributed by atoms with van der Waals surface area (Å²) in [5, 5.41) is 0. The van der Waals surface area contributed by atoms with Crippen LogP contribution in [0.15, 0.2) is 36.4 Å². The van der Waals surface area contributed by atoms with Gasteiger partial charge in [-0.1, -0.05) is 12.1 Å². The van der Waals surface area contributed by atoms with E-state index in [-0.39, 0.29) is 11.7 Å². The predicted molar refractivity (Wildman–Crippen MR) is 108 cm³/mol. The molecule has 6 heteroatoms. The highest BCUT2D eigenvalue weighted by molar-refractivity contribution is 7.13. The molecule has 0 unspecified atom stereocenters. The van der Waals surface area contributed by atoms with Crippen LogP contribution in [0.25, 0.3) is 0 Å². The van der Waals surface area contributed by atoms with Crippen molar-refractivity contribution in [1.82, 2.24) is 9.80 Å². The molecule has 2 saturated heterocycles. The zero-order valence-corrected chi connectivity index (χ0v) is 16.6. The largest absolute Gasteiger partial charge is 0.367 e. The molecule has 1 amide bonds. The van der Waals surface area contributed by atoms with Crippen LogP contribution >= 0.6 is 11.3 Å². The van der Waals surface area contributed by atoms with Crippen LogP contribution in [0.4, 0.5) is 10.1 Å². The number of para-hydroxylation sites is 1. The number of likely N-dealkylation sites (tertiary alicyclic amines) is 1. The third-order valence-electron chi connectivity index (χ3n) is 5.66. The zero-order chi connectivity index (χ0) is 18.8. The maximum absolute atomic E-state index is 14.0. The number of piperidine rings is 1. The molecule has 0 bridgehead atoms. The summed E-state index contributed by atoms with van der Waals surface area (Å²) in [4.78, 5) is 21.4. The standard InChI is InChI=1S/C21H26FN3OS/c1-16-8-9-20(27-16)21(26)25-10-4-5-17(15-25)23-11-13-24(14-12-23)19-7-3-2-6-18(19)22/h2-3,6-9,17H,4-5,10-15H2,1H3/t17-/m1/s1.